The van der Waals surface area contributed by atoms with Gasteiger partial charge in [-0.25, -0.2) is 4.79 Å². The summed E-state index contributed by atoms with van der Waals surface area (Å²) in [7, 11) is 1.78. The standard InChI is InChI=1S/C22H39NO3/c1-10-18(14(2)3)11-12-19(15(4)5)21(24)23(9)20(16(6)7)13-17(8)22(25)26/h11-16,18-20H,10H2,1-9H3,(H,25,26)/b12-11+,17-13+/t18-,19-,20-/m1/s1. The number of carboxylic acid groups (broad SMARTS) is 1. The minimum atomic E-state index is -0.945. The number of allylic oxidation sites excluding steroid dienone is 1. The molecule has 0 rings (SSSR count). The van der Waals surface area contributed by atoms with Gasteiger partial charge in [-0.05, 0) is 37.0 Å². The van der Waals surface area contributed by atoms with E-state index in [1.54, 1.807) is 24.9 Å². The van der Waals surface area contributed by atoms with E-state index in [4.69, 9.17) is 0 Å². The lowest BCUT2D eigenvalue weighted by Crippen LogP contribution is -2.43. The lowest BCUT2D eigenvalue weighted by Gasteiger charge is -2.33. The number of hydrogen-bond donors (Lipinski definition) is 1. The van der Waals surface area contributed by atoms with Crippen LogP contribution in [0.3, 0.4) is 0 Å². The second kappa shape index (κ2) is 11.2. The molecular formula is C22H39NO3. The number of rotatable bonds is 10. The van der Waals surface area contributed by atoms with Gasteiger partial charge in [-0.15, -0.1) is 0 Å². The van der Waals surface area contributed by atoms with Gasteiger partial charge in [0.1, 0.15) is 0 Å². The van der Waals surface area contributed by atoms with Gasteiger partial charge < -0.3 is 10.0 Å². The van der Waals surface area contributed by atoms with Gasteiger partial charge in [-0.2, -0.15) is 0 Å². The summed E-state index contributed by atoms with van der Waals surface area (Å²) in [5, 5.41) is 9.17. The molecule has 0 aliphatic heterocycles. The van der Waals surface area contributed by atoms with Gasteiger partial charge in [0.15, 0.2) is 0 Å². The first-order valence-corrected chi connectivity index (χ1v) is 9.80. The summed E-state index contributed by atoms with van der Waals surface area (Å²) < 4.78 is 0. The number of carbonyl (C=O) groups is 2. The van der Waals surface area contributed by atoms with Gasteiger partial charge in [-0.3, -0.25) is 4.79 Å². The number of carbonyl (C=O) groups excluding carboxylic acids is 1. The largest absolute Gasteiger partial charge is 0.478 e. The zero-order valence-corrected chi connectivity index (χ0v) is 18.1. The molecule has 0 bridgehead atoms. The second-order valence-electron chi connectivity index (χ2n) is 8.31. The summed E-state index contributed by atoms with van der Waals surface area (Å²) in [5.41, 5.74) is 0.269. The van der Waals surface area contributed by atoms with Gasteiger partial charge in [0.2, 0.25) is 5.91 Å². The van der Waals surface area contributed by atoms with E-state index in [0.717, 1.165) is 6.42 Å². The maximum absolute atomic E-state index is 13.2. The van der Waals surface area contributed by atoms with Crippen molar-refractivity contribution in [3.8, 4) is 0 Å². The monoisotopic (exact) mass is 365 g/mol. The van der Waals surface area contributed by atoms with Crippen LogP contribution in [0.15, 0.2) is 23.8 Å². The SMILES string of the molecule is CC[C@H](/C=C/[C@@H](C(=O)N(C)[C@H](/C=C(\C)C(=O)O)C(C)C)C(C)C)C(C)C. The third-order valence-corrected chi connectivity index (χ3v) is 5.13. The van der Waals surface area contributed by atoms with E-state index in [0.29, 0.717) is 11.8 Å². The molecule has 4 nitrogen and oxygen atoms in total. The maximum Gasteiger partial charge on any atom is 0.331 e. The highest BCUT2D eigenvalue weighted by atomic mass is 16.4. The summed E-state index contributed by atoms with van der Waals surface area (Å²) in [6.45, 7) is 16.3. The van der Waals surface area contributed by atoms with Crippen LogP contribution in [0.25, 0.3) is 0 Å². The number of carboxylic acids is 1. The van der Waals surface area contributed by atoms with Crippen LogP contribution in [-0.2, 0) is 9.59 Å². The molecule has 1 amide bonds. The number of aliphatic carboxylic acids is 1. The Bertz CT molecular complexity index is 517. The molecule has 0 heterocycles. The number of amides is 1. The molecule has 0 aromatic rings. The van der Waals surface area contributed by atoms with Crippen molar-refractivity contribution in [2.24, 2.45) is 29.6 Å². The topological polar surface area (TPSA) is 57.6 Å². The molecule has 0 aromatic carbocycles. The van der Waals surface area contributed by atoms with E-state index < -0.39 is 5.97 Å². The third kappa shape index (κ3) is 7.35. The molecule has 150 valence electrons. The number of hydrogen-bond acceptors (Lipinski definition) is 2. The molecule has 4 heteroatoms. The fourth-order valence-electron chi connectivity index (χ4n) is 3.14. The number of likely N-dealkylation sites (N-methyl/N-ethyl adjacent to an activating group) is 1. The Kier molecular flexibility index (Phi) is 10.5. The summed E-state index contributed by atoms with van der Waals surface area (Å²) in [6.07, 6.45) is 6.99. The van der Waals surface area contributed by atoms with E-state index in [1.165, 1.54) is 0 Å². The van der Waals surface area contributed by atoms with Crippen molar-refractivity contribution in [3.05, 3.63) is 23.8 Å². The van der Waals surface area contributed by atoms with Crippen molar-refractivity contribution in [1.29, 1.82) is 0 Å². The van der Waals surface area contributed by atoms with Gasteiger partial charge in [0.05, 0.1) is 12.0 Å². The highest BCUT2D eigenvalue weighted by Gasteiger charge is 2.28. The van der Waals surface area contributed by atoms with Crippen molar-refractivity contribution in [1.82, 2.24) is 4.90 Å². The fraction of sp³-hybridized carbons (Fsp3) is 0.727. The Hall–Kier alpha value is -1.58. The Balaban J connectivity index is 5.58. The Labute approximate surface area is 160 Å². The van der Waals surface area contributed by atoms with Crippen LogP contribution in [0.2, 0.25) is 0 Å². The molecule has 0 spiro atoms. The van der Waals surface area contributed by atoms with Crippen molar-refractivity contribution in [2.75, 3.05) is 7.05 Å². The highest BCUT2D eigenvalue weighted by molar-refractivity contribution is 5.86. The average Bonchev–Trinajstić information content (AvgIpc) is 2.53. The summed E-state index contributed by atoms with van der Waals surface area (Å²) in [6, 6.07) is -0.236. The first kappa shape index (κ1) is 24.4. The molecule has 0 radical (unpaired) electrons. The summed E-state index contributed by atoms with van der Waals surface area (Å²) in [4.78, 5) is 26.0. The van der Waals surface area contributed by atoms with E-state index in [-0.39, 0.29) is 35.3 Å². The molecule has 0 aliphatic carbocycles. The zero-order chi connectivity index (χ0) is 20.6. The van der Waals surface area contributed by atoms with Crippen LogP contribution >= 0.6 is 0 Å². The molecule has 0 fully saturated rings. The Morgan fingerprint density at radius 2 is 1.50 bits per heavy atom. The fourth-order valence-corrected chi connectivity index (χ4v) is 3.14. The number of nitrogens with zero attached hydrogens (tertiary/aromatic N) is 1. The average molecular weight is 366 g/mol. The van der Waals surface area contributed by atoms with Crippen molar-refractivity contribution in [3.63, 3.8) is 0 Å². The van der Waals surface area contributed by atoms with Gasteiger partial charge in [0, 0.05) is 12.6 Å². The first-order chi connectivity index (χ1) is 11.9. The lowest BCUT2D eigenvalue weighted by atomic mass is 9.87. The van der Waals surface area contributed by atoms with Crippen LogP contribution in [0.1, 0.15) is 61.8 Å². The molecule has 26 heavy (non-hydrogen) atoms. The minimum absolute atomic E-state index is 0.0444. The van der Waals surface area contributed by atoms with Gasteiger partial charge in [-0.1, -0.05) is 66.7 Å². The van der Waals surface area contributed by atoms with Crippen LogP contribution < -0.4 is 0 Å². The van der Waals surface area contributed by atoms with Crippen molar-refractivity contribution in [2.45, 2.75) is 67.9 Å². The van der Waals surface area contributed by atoms with E-state index >= 15 is 0 Å². The molecule has 0 saturated carbocycles. The van der Waals surface area contributed by atoms with Gasteiger partial charge >= 0.3 is 5.97 Å². The van der Waals surface area contributed by atoms with E-state index in [1.807, 2.05) is 13.8 Å². The minimum Gasteiger partial charge on any atom is -0.478 e. The quantitative estimate of drug-likeness (QED) is 0.437. The zero-order valence-electron chi connectivity index (χ0n) is 18.1. The van der Waals surface area contributed by atoms with Crippen LogP contribution in [0.5, 0.6) is 0 Å². The van der Waals surface area contributed by atoms with Crippen molar-refractivity contribution >= 4 is 11.9 Å². The molecule has 0 saturated heterocycles. The van der Waals surface area contributed by atoms with Crippen molar-refractivity contribution < 1.29 is 14.7 Å². The normalized spacial score (nSPS) is 16.4. The molecular weight excluding hydrogens is 326 g/mol. The highest BCUT2D eigenvalue weighted by Crippen LogP contribution is 2.23. The summed E-state index contributed by atoms with van der Waals surface area (Å²) >= 11 is 0. The molecule has 1 N–H and O–H groups in total. The molecule has 0 aromatic heterocycles. The predicted molar refractivity (Wildman–Crippen MR) is 109 cm³/mol. The Morgan fingerprint density at radius 3 is 1.85 bits per heavy atom. The van der Waals surface area contributed by atoms with E-state index in [9.17, 15) is 14.7 Å². The van der Waals surface area contributed by atoms with Crippen LogP contribution in [0, 0.1) is 29.6 Å². The van der Waals surface area contributed by atoms with Crippen LogP contribution in [0.4, 0.5) is 0 Å². The third-order valence-electron chi connectivity index (χ3n) is 5.13. The molecule has 0 aliphatic rings. The predicted octanol–water partition coefficient (Wildman–Crippen LogP) is 5.01. The maximum atomic E-state index is 13.2. The Morgan fingerprint density at radius 1 is 0.962 bits per heavy atom. The smallest absolute Gasteiger partial charge is 0.331 e. The first-order valence-electron chi connectivity index (χ1n) is 9.80. The lowest BCUT2D eigenvalue weighted by molar-refractivity contribution is -0.136. The van der Waals surface area contributed by atoms with Gasteiger partial charge in [0.25, 0.3) is 0 Å². The van der Waals surface area contributed by atoms with E-state index in [2.05, 4.69) is 46.8 Å². The molecule has 0 unspecified atom stereocenters. The van der Waals surface area contributed by atoms with Crippen LogP contribution in [-0.4, -0.2) is 35.0 Å². The second-order valence-corrected chi connectivity index (χ2v) is 8.31. The molecule has 3 atom stereocenters. The summed E-state index contributed by atoms with van der Waals surface area (Å²) in [5.74, 6) is 0.221.